The van der Waals surface area contributed by atoms with Crippen LogP contribution >= 0.6 is 12.4 Å². The Morgan fingerprint density at radius 2 is 0.793 bits per heavy atom. The van der Waals surface area contributed by atoms with Crippen molar-refractivity contribution >= 4 is 54.5 Å². The Morgan fingerprint density at radius 1 is 0.446 bits per heavy atom. The number of carbonyl (C=O) groups is 7. The first-order chi connectivity index (χ1) is 57.2. The van der Waals surface area contributed by atoms with Crippen molar-refractivity contribution in [3.05, 3.63) is 143 Å². The number of β-amino-alcohol motifs (C(OH)–C–C–N with tert-alkyl or cyclic N) is 1. The smallest absolute Gasteiger partial charge is 0.410 e. The molecule has 676 valence electrons. The Kier molecular flexibility index (Phi) is 46.4. The van der Waals surface area contributed by atoms with E-state index in [9.17, 15) is 38.7 Å². The molecule has 0 aliphatic carbocycles. The predicted octanol–water partition coefficient (Wildman–Crippen LogP) is 13.3. The number of aliphatic hydroxyl groups is 1. The second kappa shape index (κ2) is 54.0. The number of methoxy groups -OCH3 is 6. The number of hydrogen-bond donors (Lipinski definition) is 4. The summed E-state index contributed by atoms with van der Waals surface area (Å²) in [6.45, 7) is 35.0. The molecule has 8 rings (SSSR count). The van der Waals surface area contributed by atoms with Crippen LogP contribution in [0.15, 0.2) is 115 Å². The van der Waals surface area contributed by atoms with Gasteiger partial charge in [0.15, 0.2) is 34.5 Å². The van der Waals surface area contributed by atoms with Gasteiger partial charge in [0.2, 0.25) is 0 Å². The van der Waals surface area contributed by atoms with Crippen molar-refractivity contribution in [2.45, 2.75) is 177 Å². The van der Waals surface area contributed by atoms with Crippen molar-refractivity contribution in [2.24, 2.45) is 17.8 Å². The van der Waals surface area contributed by atoms with Gasteiger partial charge in [-0.3, -0.25) is 14.4 Å². The lowest BCUT2D eigenvalue weighted by Gasteiger charge is -2.31. The first-order valence-corrected chi connectivity index (χ1v) is 41.4. The molecule has 7 amide bonds. The average Bonchev–Trinajstić information content (AvgIpc) is 1.75. The van der Waals surface area contributed by atoms with Crippen LogP contribution in [0.2, 0.25) is 0 Å². The largest absolute Gasteiger partial charge is 0.493 e. The van der Waals surface area contributed by atoms with E-state index in [0.29, 0.717) is 149 Å². The lowest BCUT2D eigenvalue weighted by Crippen LogP contribution is -2.44. The topological polar surface area (TPSA) is 321 Å². The Balaban J connectivity index is 0.000000372. The Hall–Kier alpha value is -9.56. The molecule has 0 unspecified atom stereocenters. The normalized spacial score (nSPS) is 16.6. The molecule has 3 aliphatic rings. The third kappa shape index (κ3) is 36.2. The van der Waals surface area contributed by atoms with E-state index in [0.717, 1.165) is 30.8 Å². The summed E-state index contributed by atoms with van der Waals surface area (Å²) in [6.07, 6.45) is -1.60. The van der Waals surface area contributed by atoms with Gasteiger partial charge in [-0.15, -0.1) is 12.4 Å². The maximum absolute atomic E-state index is 13.9. The minimum Gasteiger partial charge on any atom is -0.493 e. The number of amides is 7. The summed E-state index contributed by atoms with van der Waals surface area (Å²) < 4.78 is 76.4. The van der Waals surface area contributed by atoms with E-state index in [4.69, 9.17) is 66.3 Å². The summed E-state index contributed by atoms with van der Waals surface area (Å²) in [5.41, 5.74) is 2.04. The van der Waals surface area contributed by atoms with Crippen molar-refractivity contribution in [2.75, 3.05) is 154 Å². The van der Waals surface area contributed by atoms with Crippen LogP contribution in [0.25, 0.3) is 0 Å². The zero-order valence-electron chi connectivity index (χ0n) is 74.9. The van der Waals surface area contributed by atoms with Crippen molar-refractivity contribution in [1.29, 1.82) is 0 Å². The van der Waals surface area contributed by atoms with Crippen molar-refractivity contribution in [3.63, 3.8) is 0 Å². The first kappa shape index (κ1) is 104. The first-order valence-electron chi connectivity index (χ1n) is 41.4. The number of aliphatic hydroxyl groups excluding tert-OH is 1. The highest BCUT2D eigenvalue weighted by atomic mass is 35.5. The molecular weight excluding hydrogens is 1580 g/mol. The minimum atomic E-state index is -0.739. The quantitative estimate of drug-likeness (QED) is 0.0211. The van der Waals surface area contributed by atoms with Gasteiger partial charge in [-0.25, -0.2) is 19.2 Å². The van der Waals surface area contributed by atoms with Gasteiger partial charge in [0.1, 0.15) is 23.4 Å². The fourth-order valence-corrected chi connectivity index (χ4v) is 13.0. The zero-order valence-corrected chi connectivity index (χ0v) is 75.7. The van der Waals surface area contributed by atoms with Crippen molar-refractivity contribution in [1.82, 2.24) is 40.4 Å². The fourth-order valence-electron chi connectivity index (χ4n) is 13.0. The zero-order chi connectivity index (χ0) is 88.5. The van der Waals surface area contributed by atoms with Gasteiger partial charge >= 0.3 is 24.4 Å². The number of hydrogen-bond acceptors (Lipinski definition) is 23. The molecule has 6 atom stereocenters. The van der Waals surface area contributed by atoms with Gasteiger partial charge in [0.05, 0.1) is 60.3 Å². The van der Waals surface area contributed by atoms with Gasteiger partial charge in [-0.2, -0.15) is 0 Å². The van der Waals surface area contributed by atoms with Crippen molar-refractivity contribution < 1.29 is 105 Å². The number of rotatable bonds is 38. The molecule has 0 aromatic heterocycles. The van der Waals surface area contributed by atoms with Gasteiger partial charge in [-0.1, -0.05) is 60.7 Å². The highest BCUT2D eigenvalue weighted by Gasteiger charge is 2.43. The molecule has 0 radical (unpaired) electrons. The number of nitrogens with zero attached hydrogens (tertiary/aromatic N) is 5. The standard InChI is InChI=1S/C33H47N3O8.C28H39N3O6.C25H40N2O7.C4H10O.ClH/c1-23(2)36(30(37)25-14-15-27(41-7)28(18-25)42-17-11-16-40-6)21-26-20-35(32(39)44-33(3,4)5)22-29(26)43-31(38)34-19-24-12-9-8-10-13-24;1-20(2)31(27(32)22-11-12-24(35-4)25(15-22)36-14-8-13-34-3)19-23-17-29-18-26(23)37-28(33)30-16-21-9-6-5-7-10-21;1-17(2)27(15-19-14-26(16-20(19)28)24(30)34-25(3,4)5)23(29)18-9-10-21(32-7)22(13-18)33-12-8-11-31-6;1-3-5-4-2;/h8-10,12-15,18,23,26,29H,11,16-17,19-22H2,1-7H3,(H,34,38);5-7,9-12,15,20,23,26,29H,8,13-14,16-19H2,1-4H3,(H,30,33);9-10,13,17,19-20,28H,8,11-12,14-16H2,1-7H3;3-4H2,1-2H3;1H/t26-,29+;23-,26+;19-,20+;;/m000../s1. The summed E-state index contributed by atoms with van der Waals surface area (Å²) in [4.78, 5) is 99.9. The molecule has 5 aromatic rings. The van der Waals surface area contributed by atoms with Gasteiger partial charge in [0.25, 0.3) is 17.7 Å². The number of ether oxygens (including phenoxy) is 14. The second-order valence-electron chi connectivity index (χ2n) is 32.0. The van der Waals surface area contributed by atoms with E-state index in [-0.39, 0.29) is 98.3 Å². The molecule has 121 heavy (non-hydrogen) atoms. The third-order valence-electron chi connectivity index (χ3n) is 19.3. The van der Waals surface area contributed by atoms with E-state index < -0.39 is 47.8 Å². The summed E-state index contributed by atoms with van der Waals surface area (Å²) in [5, 5.41) is 19.5. The fraction of sp³-hybridized carbons (Fsp3) is 0.589. The van der Waals surface area contributed by atoms with E-state index in [1.165, 1.54) is 9.80 Å². The lowest BCUT2D eigenvalue weighted by molar-refractivity contribution is 0.0254. The number of benzene rings is 5. The van der Waals surface area contributed by atoms with E-state index in [1.807, 2.05) is 121 Å². The van der Waals surface area contributed by atoms with Crippen LogP contribution in [0, 0.1) is 17.8 Å². The molecule has 5 aromatic carbocycles. The van der Waals surface area contributed by atoms with Crippen molar-refractivity contribution in [3.8, 4) is 34.5 Å². The molecule has 3 fully saturated rings. The van der Waals surface area contributed by atoms with Crippen LogP contribution in [0.1, 0.15) is 158 Å². The van der Waals surface area contributed by atoms with E-state index in [1.54, 1.807) is 149 Å². The molecule has 4 N–H and O–H groups in total. The summed E-state index contributed by atoms with van der Waals surface area (Å²) in [5.74, 6) is 1.95. The summed E-state index contributed by atoms with van der Waals surface area (Å²) >= 11 is 0. The van der Waals surface area contributed by atoms with Gasteiger partial charge in [-0.05, 0) is 163 Å². The number of carbonyl (C=O) groups excluding carboxylic acids is 7. The van der Waals surface area contributed by atoms with E-state index >= 15 is 0 Å². The molecule has 0 bridgehead atoms. The lowest BCUT2D eigenvalue weighted by atomic mass is 10.0. The molecule has 3 saturated heterocycles. The molecule has 3 aliphatic heterocycles. The number of alkyl carbamates (subject to hydrolysis) is 2. The maximum atomic E-state index is 13.9. The highest BCUT2D eigenvalue weighted by molar-refractivity contribution is 5.96. The Labute approximate surface area is 723 Å². The SMILES string of the molecule is CCOCC.COCCCOc1cc(C(=O)N(C[C@@H]2CN(C(=O)OC(C)(C)C)C[C@H]2O)C(C)C)ccc1OC.COCCCOc1cc(C(=O)N(C[C@@H]2CN(C(=O)OC(C)(C)C)C[C@H]2OC(=O)NCc2ccccc2)C(C)C)ccc1OC.COCCCOc1cc(C(=O)N(C[C@@H]2CNC[C@H]2OC(=O)NCc2ccccc2)C(C)C)ccc1OC.Cl. The van der Waals surface area contributed by atoms with Crippen LogP contribution in [-0.4, -0.2) is 274 Å². The van der Waals surface area contributed by atoms with Crippen LogP contribution in [0.5, 0.6) is 34.5 Å². The molecular formula is C90H137ClN8O22. The van der Waals surface area contributed by atoms with Crippen LogP contribution < -0.4 is 44.4 Å². The predicted molar refractivity (Wildman–Crippen MR) is 465 cm³/mol. The van der Waals surface area contributed by atoms with E-state index in [2.05, 4.69) is 16.0 Å². The second-order valence-corrected chi connectivity index (χ2v) is 32.0. The third-order valence-corrected chi connectivity index (χ3v) is 19.3. The van der Waals surface area contributed by atoms with Crippen LogP contribution in [-0.2, 0) is 51.0 Å². The average molecular weight is 1720 g/mol. The number of halogens is 1. The molecule has 0 saturated carbocycles. The number of likely N-dealkylation sites (tertiary alicyclic amines) is 2. The monoisotopic (exact) mass is 1720 g/mol. The molecule has 3 heterocycles. The minimum absolute atomic E-state index is 0. The summed E-state index contributed by atoms with van der Waals surface area (Å²) in [7, 11) is 9.58. The summed E-state index contributed by atoms with van der Waals surface area (Å²) in [6, 6.07) is 34.2. The Bertz CT molecular complexity index is 3890. The molecule has 0 spiro atoms. The van der Waals surface area contributed by atoms with Gasteiger partial charge in [0, 0.05) is 185 Å². The maximum Gasteiger partial charge on any atom is 0.410 e. The van der Waals surface area contributed by atoms with Crippen LogP contribution in [0.4, 0.5) is 19.2 Å². The highest BCUT2D eigenvalue weighted by Crippen LogP contribution is 2.34. The molecule has 30 nitrogen and oxygen atoms in total. The van der Waals surface area contributed by atoms with Crippen LogP contribution in [0.3, 0.4) is 0 Å². The Morgan fingerprint density at radius 3 is 1.13 bits per heavy atom. The number of nitrogens with one attached hydrogen (secondary N) is 3. The van der Waals surface area contributed by atoms with Gasteiger partial charge < -0.3 is 112 Å². The molecule has 31 heteroatoms.